The second-order valence-corrected chi connectivity index (χ2v) is 13.0. The summed E-state index contributed by atoms with van der Waals surface area (Å²) in [7, 11) is -12.9. The van der Waals surface area contributed by atoms with E-state index < -0.39 is 43.9 Å². The molecular weight excluding hydrogens is 336 g/mol. The second-order valence-electron chi connectivity index (χ2n) is 5.93. The summed E-state index contributed by atoms with van der Waals surface area (Å²) < 4.78 is 73.0. The molecule has 0 heterocycles. The molecule has 0 radical (unpaired) electrons. The van der Waals surface area contributed by atoms with Crippen LogP contribution in [0.2, 0.25) is 0 Å². The lowest BCUT2D eigenvalue weighted by molar-refractivity contribution is 0.570. The Bertz CT molecular complexity index is 631. The smallest absolute Gasteiger partial charge is 0.0574 e. The average molecular weight is 357 g/mol. The normalized spacial score (nSPS) is 23.1. The SMILES string of the molecule is CS(=O)(=O)[C-](S(=O)(=O)C1CCCC1)S(=O)(=O)C1CCCC1. The fraction of sp³-hybridized carbons (Fsp3) is 0.917. The fourth-order valence-corrected chi connectivity index (χ4v) is 12.0. The zero-order valence-corrected chi connectivity index (χ0v) is 14.4. The van der Waals surface area contributed by atoms with Crippen LogP contribution >= 0.6 is 0 Å². The first kappa shape index (κ1) is 17.2. The monoisotopic (exact) mass is 357 g/mol. The molecule has 0 amide bonds. The van der Waals surface area contributed by atoms with Crippen LogP contribution < -0.4 is 0 Å². The van der Waals surface area contributed by atoms with Gasteiger partial charge in [0.15, 0.2) is 0 Å². The summed E-state index contributed by atoms with van der Waals surface area (Å²) >= 11 is 0. The van der Waals surface area contributed by atoms with Gasteiger partial charge in [-0.15, -0.1) is 0 Å². The van der Waals surface area contributed by atoms with E-state index in [1.54, 1.807) is 0 Å². The molecular formula is C12H21O6S3-. The van der Waals surface area contributed by atoms with Gasteiger partial charge in [0.05, 0.1) is 29.5 Å². The zero-order chi connectivity index (χ0) is 15.9. The van der Waals surface area contributed by atoms with Gasteiger partial charge in [0.2, 0.25) is 0 Å². The summed E-state index contributed by atoms with van der Waals surface area (Å²) in [4.78, 5) is 0. The molecule has 2 saturated carbocycles. The van der Waals surface area contributed by atoms with Crippen LogP contribution in [-0.4, -0.2) is 42.0 Å². The van der Waals surface area contributed by atoms with E-state index in [9.17, 15) is 25.3 Å². The summed E-state index contributed by atoms with van der Waals surface area (Å²) in [6.07, 6.45) is 4.76. The van der Waals surface area contributed by atoms with Crippen molar-refractivity contribution in [3.63, 3.8) is 0 Å². The molecule has 21 heavy (non-hydrogen) atoms. The van der Waals surface area contributed by atoms with E-state index in [1.165, 1.54) is 0 Å². The van der Waals surface area contributed by atoms with Crippen LogP contribution in [0.5, 0.6) is 0 Å². The molecule has 0 atom stereocenters. The number of sulfone groups is 3. The Morgan fingerprint density at radius 1 is 0.667 bits per heavy atom. The van der Waals surface area contributed by atoms with Crippen LogP contribution in [0.25, 0.3) is 0 Å². The molecule has 0 bridgehead atoms. The molecule has 2 aliphatic rings. The van der Waals surface area contributed by atoms with E-state index in [-0.39, 0.29) is 0 Å². The van der Waals surface area contributed by atoms with Gasteiger partial charge in [-0.1, -0.05) is 25.7 Å². The maximum Gasteiger partial charge on any atom is 0.0574 e. The van der Waals surface area contributed by atoms with Crippen LogP contribution in [0.3, 0.4) is 0 Å². The van der Waals surface area contributed by atoms with Crippen LogP contribution in [0.4, 0.5) is 0 Å². The van der Waals surface area contributed by atoms with Crippen LogP contribution in [0, 0.1) is 3.91 Å². The van der Waals surface area contributed by atoms with E-state index in [4.69, 9.17) is 0 Å². The highest BCUT2D eigenvalue weighted by Gasteiger charge is 2.42. The molecule has 0 unspecified atom stereocenters. The van der Waals surface area contributed by atoms with E-state index in [2.05, 4.69) is 0 Å². The van der Waals surface area contributed by atoms with E-state index in [1.807, 2.05) is 0 Å². The van der Waals surface area contributed by atoms with Gasteiger partial charge in [-0.2, -0.15) is 0 Å². The molecule has 0 aliphatic heterocycles. The highest BCUT2D eigenvalue weighted by Crippen LogP contribution is 2.40. The Labute approximate surface area is 127 Å². The maximum atomic E-state index is 12.6. The Kier molecular flexibility index (Phi) is 4.76. The first-order valence-corrected chi connectivity index (χ1v) is 12.1. The highest BCUT2D eigenvalue weighted by atomic mass is 32.3. The maximum absolute atomic E-state index is 12.6. The predicted molar refractivity (Wildman–Crippen MR) is 80.4 cm³/mol. The van der Waals surface area contributed by atoms with Gasteiger partial charge in [-0.3, -0.25) is 25.3 Å². The third-order valence-corrected chi connectivity index (χ3v) is 13.1. The van der Waals surface area contributed by atoms with Crippen molar-refractivity contribution in [2.45, 2.75) is 61.9 Å². The van der Waals surface area contributed by atoms with E-state index in [0.717, 1.165) is 0 Å². The number of hydrogen-bond acceptors (Lipinski definition) is 6. The number of rotatable bonds is 5. The Balaban J connectivity index is 2.49. The summed E-state index contributed by atoms with van der Waals surface area (Å²) in [5.74, 6) is 0. The topological polar surface area (TPSA) is 102 Å². The Morgan fingerprint density at radius 2 is 0.952 bits per heavy atom. The minimum absolute atomic E-state index is 0.335. The minimum Gasteiger partial charge on any atom is -0.260 e. The molecule has 0 aromatic carbocycles. The highest BCUT2D eigenvalue weighted by molar-refractivity contribution is 8.29. The molecule has 0 N–H and O–H groups in total. The van der Waals surface area contributed by atoms with Crippen molar-refractivity contribution in [2.75, 3.05) is 6.26 Å². The Morgan fingerprint density at radius 3 is 1.19 bits per heavy atom. The number of hydrogen-bond donors (Lipinski definition) is 0. The van der Waals surface area contributed by atoms with Crippen molar-refractivity contribution >= 4 is 29.5 Å². The van der Waals surface area contributed by atoms with Gasteiger partial charge in [-0.25, -0.2) is 0 Å². The fourth-order valence-electron chi connectivity index (χ4n) is 3.25. The van der Waals surface area contributed by atoms with Crippen molar-refractivity contribution in [3.05, 3.63) is 3.91 Å². The van der Waals surface area contributed by atoms with Gasteiger partial charge in [-0.05, 0) is 25.7 Å². The largest absolute Gasteiger partial charge is 0.260 e. The lowest BCUT2D eigenvalue weighted by Gasteiger charge is -2.33. The van der Waals surface area contributed by atoms with Crippen molar-refractivity contribution in [1.29, 1.82) is 0 Å². The van der Waals surface area contributed by atoms with Crippen molar-refractivity contribution in [2.24, 2.45) is 0 Å². The first-order chi connectivity index (χ1) is 9.58. The molecule has 2 fully saturated rings. The molecule has 124 valence electrons. The predicted octanol–water partition coefficient (Wildman–Crippen LogP) is 1.19. The van der Waals surface area contributed by atoms with Crippen molar-refractivity contribution in [3.8, 4) is 0 Å². The van der Waals surface area contributed by atoms with Gasteiger partial charge < -0.3 is 0 Å². The molecule has 2 rings (SSSR count). The van der Waals surface area contributed by atoms with Crippen molar-refractivity contribution < 1.29 is 25.3 Å². The first-order valence-electron chi connectivity index (χ1n) is 7.13. The quantitative estimate of drug-likeness (QED) is 0.685. The van der Waals surface area contributed by atoms with E-state index >= 15 is 0 Å². The second kappa shape index (κ2) is 5.81. The molecule has 0 spiro atoms. The van der Waals surface area contributed by atoms with Gasteiger partial charge >= 0.3 is 0 Å². The summed E-state index contributed by atoms with van der Waals surface area (Å²) in [6, 6.07) is 0. The van der Waals surface area contributed by atoms with Gasteiger partial charge in [0, 0.05) is 20.7 Å². The van der Waals surface area contributed by atoms with Gasteiger partial charge in [0.1, 0.15) is 0 Å². The Hall–Kier alpha value is -0.150. The van der Waals surface area contributed by atoms with Crippen LogP contribution in [-0.2, 0) is 29.5 Å². The lowest BCUT2D eigenvalue weighted by atomic mass is 10.4. The summed E-state index contributed by atoms with van der Waals surface area (Å²) in [5, 5.41) is -1.75. The third kappa shape index (κ3) is 3.29. The average Bonchev–Trinajstić information content (AvgIpc) is 3.01. The standard InChI is InChI=1S/C12H21O6S3/c1-19(13,14)12(20(15,16)10-6-2-3-7-10)21(17,18)11-8-4-5-9-11/h10-11H,2-9H2,1H3/q-1. The third-order valence-electron chi connectivity index (χ3n) is 4.25. The van der Waals surface area contributed by atoms with Crippen LogP contribution in [0.15, 0.2) is 0 Å². The summed E-state index contributed by atoms with van der Waals surface area (Å²) in [6.45, 7) is 0. The lowest BCUT2D eigenvalue weighted by Crippen LogP contribution is -2.39. The molecule has 0 saturated heterocycles. The minimum atomic E-state index is -4.31. The van der Waals surface area contributed by atoms with E-state index in [0.29, 0.717) is 57.6 Å². The zero-order valence-electron chi connectivity index (χ0n) is 12.0. The molecule has 2 aliphatic carbocycles. The molecule has 9 heteroatoms. The molecule has 0 aromatic rings. The van der Waals surface area contributed by atoms with Crippen LogP contribution in [0.1, 0.15) is 51.4 Å². The molecule has 0 aromatic heterocycles. The van der Waals surface area contributed by atoms with Gasteiger partial charge in [0.25, 0.3) is 0 Å². The summed E-state index contributed by atoms with van der Waals surface area (Å²) in [5.41, 5.74) is 0. The van der Waals surface area contributed by atoms with Crippen molar-refractivity contribution in [1.82, 2.24) is 0 Å². The molecule has 6 nitrogen and oxygen atoms in total.